The molecule has 1 atom stereocenters. The number of nitrogens with two attached hydrogens (primary N) is 1. The molecule has 4 N–H and O–H groups in total. The molecule has 0 fully saturated rings. The van der Waals surface area contributed by atoms with E-state index in [0.717, 1.165) is 12.0 Å². The van der Waals surface area contributed by atoms with E-state index in [-0.39, 0.29) is 29.5 Å². The van der Waals surface area contributed by atoms with E-state index in [9.17, 15) is 9.90 Å². The number of nitrogens with one attached hydrogen (secondary N) is 1. The minimum absolute atomic E-state index is 0. The molecule has 0 heterocycles. The number of phenols is 1. The lowest BCUT2D eigenvalue weighted by atomic mass is 9.87. The van der Waals surface area contributed by atoms with Crippen molar-refractivity contribution in [3.63, 3.8) is 0 Å². The Bertz CT molecular complexity index is 456. The van der Waals surface area contributed by atoms with Gasteiger partial charge >= 0.3 is 0 Å². The maximum Gasteiger partial charge on any atom is 0.241 e. The molecule has 0 aliphatic carbocycles. The first-order valence-corrected chi connectivity index (χ1v) is 6.65. The van der Waals surface area contributed by atoms with Crippen LogP contribution in [0.2, 0.25) is 0 Å². The van der Waals surface area contributed by atoms with E-state index in [1.807, 2.05) is 13.0 Å². The number of halogens is 1. The van der Waals surface area contributed by atoms with E-state index in [1.54, 1.807) is 12.1 Å². The highest BCUT2D eigenvalue weighted by molar-refractivity contribution is 5.96. The Morgan fingerprint density at radius 3 is 2.50 bits per heavy atom. The Labute approximate surface area is 127 Å². The predicted molar refractivity (Wildman–Crippen MR) is 85.6 cm³/mol. The molecular formula is C15H25ClN2O2. The average molecular weight is 301 g/mol. The Morgan fingerprint density at radius 1 is 1.40 bits per heavy atom. The van der Waals surface area contributed by atoms with Gasteiger partial charge in [0.15, 0.2) is 0 Å². The molecule has 4 nitrogen and oxygen atoms in total. The molecule has 0 saturated carbocycles. The van der Waals surface area contributed by atoms with Crippen LogP contribution in [-0.2, 0) is 10.2 Å². The minimum Gasteiger partial charge on any atom is -0.506 e. The first kappa shape index (κ1) is 18.7. The molecule has 1 amide bonds. The van der Waals surface area contributed by atoms with Crippen molar-refractivity contribution in [1.29, 1.82) is 0 Å². The molecular weight excluding hydrogens is 276 g/mol. The summed E-state index contributed by atoms with van der Waals surface area (Å²) in [5.74, 6) is -0.201. The molecule has 1 unspecified atom stereocenters. The minimum atomic E-state index is -0.539. The van der Waals surface area contributed by atoms with Gasteiger partial charge in [0, 0.05) is 0 Å². The van der Waals surface area contributed by atoms with Crippen LogP contribution in [0, 0.1) is 0 Å². The van der Waals surface area contributed by atoms with Crippen LogP contribution in [0.5, 0.6) is 5.75 Å². The number of carbonyl (C=O) groups is 1. The zero-order valence-electron chi connectivity index (χ0n) is 12.6. The SMILES string of the molecule is CCCC(N)C(=O)Nc1cc(C(C)(C)C)ccc1O.Cl. The van der Waals surface area contributed by atoms with Crippen LogP contribution >= 0.6 is 12.4 Å². The molecule has 0 aliphatic heterocycles. The second-order valence-corrected chi connectivity index (χ2v) is 5.87. The largest absolute Gasteiger partial charge is 0.506 e. The number of hydrogen-bond acceptors (Lipinski definition) is 3. The van der Waals surface area contributed by atoms with Crippen molar-refractivity contribution in [2.24, 2.45) is 5.73 Å². The summed E-state index contributed by atoms with van der Waals surface area (Å²) in [7, 11) is 0. The molecule has 114 valence electrons. The zero-order valence-corrected chi connectivity index (χ0v) is 13.4. The van der Waals surface area contributed by atoms with Crippen molar-refractivity contribution in [1.82, 2.24) is 0 Å². The van der Waals surface area contributed by atoms with Crippen molar-refractivity contribution >= 4 is 24.0 Å². The van der Waals surface area contributed by atoms with Crippen LogP contribution < -0.4 is 11.1 Å². The standard InChI is InChI=1S/C15H24N2O2.ClH/c1-5-6-11(16)14(19)17-12-9-10(15(2,3)4)7-8-13(12)18;/h7-9,11,18H,5-6,16H2,1-4H3,(H,17,19);1H. The highest BCUT2D eigenvalue weighted by Gasteiger charge is 2.18. The summed E-state index contributed by atoms with van der Waals surface area (Å²) in [5, 5.41) is 12.5. The van der Waals surface area contributed by atoms with Gasteiger partial charge in [0.2, 0.25) is 5.91 Å². The molecule has 0 aliphatic rings. The van der Waals surface area contributed by atoms with Crippen LogP contribution in [0.15, 0.2) is 18.2 Å². The zero-order chi connectivity index (χ0) is 14.6. The molecule has 0 saturated heterocycles. The molecule has 0 bridgehead atoms. The third-order valence-corrected chi connectivity index (χ3v) is 3.06. The van der Waals surface area contributed by atoms with Crippen LogP contribution in [0.25, 0.3) is 0 Å². The van der Waals surface area contributed by atoms with Crippen molar-refractivity contribution in [2.45, 2.75) is 52.0 Å². The Kier molecular flexibility index (Phi) is 7.03. The normalized spacial score (nSPS) is 12.4. The smallest absolute Gasteiger partial charge is 0.241 e. The Morgan fingerprint density at radius 2 is 2.00 bits per heavy atom. The first-order valence-electron chi connectivity index (χ1n) is 6.65. The van der Waals surface area contributed by atoms with Gasteiger partial charge in [0.1, 0.15) is 5.75 Å². The van der Waals surface area contributed by atoms with Gasteiger partial charge in [0.25, 0.3) is 0 Å². The number of anilines is 1. The summed E-state index contributed by atoms with van der Waals surface area (Å²) < 4.78 is 0. The fourth-order valence-corrected chi connectivity index (χ4v) is 1.77. The third kappa shape index (κ3) is 5.02. The summed E-state index contributed by atoms with van der Waals surface area (Å²) in [6.45, 7) is 8.21. The number of amides is 1. The maximum atomic E-state index is 11.9. The van der Waals surface area contributed by atoms with Gasteiger partial charge in [-0.3, -0.25) is 4.79 Å². The number of carbonyl (C=O) groups excluding carboxylic acids is 1. The summed E-state index contributed by atoms with van der Waals surface area (Å²) >= 11 is 0. The van der Waals surface area contributed by atoms with Crippen molar-refractivity contribution in [3.05, 3.63) is 23.8 Å². The van der Waals surface area contributed by atoms with Gasteiger partial charge in [-0.2, -0.15) is 0 Å². The van der Waals surface area contributed by atoms with Crippen molar-refractivity contribution in [3.8, 4) is 5.75 Å². The van der Waals surface area contributed by atoms with Gasteiger partial charge in [-0.25, -0.2) is 0 Å². The summed E-state index contributed by atoms with van der Waals surface area (Å²) in [6.07, 6.45) is 1.48. The van der Waals surface area contributed by atoms with E-state index in [2.05, 4.69) is 26.1 Å². The molecule has 1 aromatic rings. The second kappa shape index (κ2) is 7.50. The highest BCUT2D eigenvalue weighted by Crippen LogP contribution is 2.30. The second-order valence-electron chi connectivity index (χ2n) is 5.87. The van der Waals surface area contributed by atoms with E-state index >= 15 is 0 Å². The summed E-state index contributed by atoms with van der Waals surface area (Å²) in [5.41, 5.74) is 7.18. The summed E-state index contributed by atoms with van der Waals surface area (Å²) in [6, 6.07) is 4.72. The average Bonchev–Trinajstić information content (AvgIpc) is 2.30. The van der Waals surface area contributed by atoms with Gasteiger partial charge in [-0.15, -0.1) is 12.4 Å². The molecule has 20 heavy (non-hydrogen) atoms. The van der Waals surface area contributed by atoms with E-state index in [4.69, 9.17) is 5.73 Å². The van der Waals surface area contributed by atoms with Gasteiger partial charge in [-0.1, -0.05) is 40.2 Å². The van der Waals surface area contributed by atoms with Gasteiger partial charge in [-0.05, 0) is 29.5 Å². The lowest BCUT2D eigenvalue weighted by molar-refractivity contribution is -0.117. The first-order chi connectivity index (χ1) is 8.75. The lowest BCUT2D eigenvalue weighted by Crippen LogP contribution is -2.35. The molecule has 0 spiro atoms. The van der Waals surface area contributed by atoms with Gasteiger partial charge in [0.05, 0.1) is 11.7 Å². The van der Waals surface area contributed by atoms with Crippen LogP contribution in [0.1, 0.15) is 46.1 Å². The molecule has 1 aromatic carbocycles. The fraction of sp³-hybridized carbons (Fsp3) is 0.533. The lowest BCUT2D eigenvalue weighted by Gasteiger charge is -2.21. The number of phenolic OH excluding ortho intramolecular Hbond substituents is 1. The fourth-order valence-electron chi connectivity index (χ4n) is 1.77. The van der Waals surface area contributed by atoms with Crippen molar-refractivity contribution < 1.29 is 9.90 Å². The maximum absolute atomic E-state index is 11.9. The number of hydrogen-bond donors (Lipinski definition) is 3. The number of benzene rings is 1. The molecule has 5 heteroatoms. The quantitative estimate of drug-likeness (QED) is 0.748. The molecule has 0 radical (unpaired) electrons. The highest BCUT2D eigenvalue weighted by atomic mass is 35.5. The number of aromatic hydroxyl groups is 1. The predicted octanol–water partition coefficient (Wildman–Crippen LogP) is 3.18. The monoisotopic (exact) mass is 300 g/mol. The Hall–Kier alpha value is -1.26. The van der Waals surface area contributed by atoms with Crippen LogP contribution in [0.3, 0.4) is 0 Å². The van der Waals surface area contributed by atoms with Crippen LogP contribution in [0.4, 0.5) is 5.69 Å². The van der Waals surface area contributed by atoms with E-state index < -0.39 is 6.04 Å². The van der Waals surface area contributed by atoms with E-state index in [1.165, 1.54) is 0 Å². The topological polar surface area (TPSA) is 75.4 Å². The number of rotatable bonds is 4. The molecule has 1 rings (SSSR count). The van der Waals surface area contributed by atoms with Crippen LogP contribution in [-0.4, -0.2) is 17.1 Å². The third-order valence-electron chi connectivity index (χ3n) is 3.06. The molecule has 0 aromatic heterocycles. The van der Waals surface area contributed by atoms with Gasteiger partial charge < -0.3 is 16.2 Å². The summed E-state index contributed by atoms with van der Waals surface area (Å²) in [4.78, 5) is 11.9. The van der Waals surface area contributed by atoms with Crippen molar-refractivity contribution in [2.75, 3.05) is 5.32 Å². The van der Waals surface area contributed by atoms with E-state index in [0.29, 0.717) is 12.1 Å². The Balaban J connectivity index is 0.00000361.